The molecule has 0 fully saturated rings. The van der Waals surface area contributed by atoms with Crippen LogP contribution in [0.3, 0.4) is 0 Å². The van der Waals surface area contributed by atoms with Crippen molar-refractivity contribution in [3.63, 3.8) is 0 Å². The van der Waals surface area contributed by atoms with Crippen LogP contribution in [-0.2, 0) is 4.79 Å². The molecule has 0 aromatic heterocycles. The van der Waals surface area contributed by atoms with Crippen molar-refractivity contribution in [1.29, 1.82) is 5.26 Å². The maximum Gasteiger partial charge on any atom is 0.262 e. The predicted octanol–water partition coefficient (Wildman–Crippen LogP) is 3.18. The summed E-state index contributed by atoms with van der Waals surface area (Å²) in [5, 5.41) is 11.6. The smallest absolute Gasteiger partial charge is 0.262 e. The molecule has 1 amide bonds. The molecule has 0 atom stereocenters. The van der Waals surface area contributed by atoms with Gasteiger partial charge in [0.15, 0.2) is 23.9 Å². The van der Waals surface area contributed by atoms with Crippen LogP contribution in [-0.4, -0.2) is 24.9 Å². The minimum atomic E-state index is -0.345. The van der Waals surface area contributed by atoms with Gasteiger partial charge in [0.25, 0.3) is 5.91 Å². The molecule has 0 aliphatic carbocycles. The van der Waals surface area contributed by atoms with Gasteiger partial charge in [-0.25, -0.2) is 0 Å². The fraction of sp³-hybridized carbons (Fsp3) is 0.211. The Bertz CT molecular complexity index is 807. The number of carbonyl (C=O) groups excluding carboxylic acids is 2. The Morgan fingerprint density at radius 1 is 1.08 bits per heavy atom. The van der Waals surface area contributed by atoms with Crippen LogP contribution in [0.15, 0.2) is 42.5 Å². The molecule has 2 rings (SSSR count). The molecule has 0 saturated carbocycles. The molecule has 0 radical (unpaired) electrons. The summed E-state index contributed by atoms with van der Waals surface area (Å²) in [5.74, 6) is 0.427. The van der Waals surface area contributed by atoms with Gasteiger partial charge in [0, 0.05) is 17.3 Å². The van der Waals surface area contributed by atoms with Gasteiger partial charge in [-0.15, -0.1) is 0 Å². The van der Waals surface area contributed by atoms with Gasteiger partial charge >= 0.3 is 0 Å². The number of benzene rings is 2. The van der Waals surface area contributed by atoms with Crippen molar-refractivity contribution in [1.82, 2.24) is 0 Å². The Labute approximate surface area is 146 Å². The lowest BCUT2D eigenvalue weighted by atomic mass is 10.1. The second-order valence-electron chi connectivity index (χ2n) is 5.18. The standard InChI is InChI=1S/C19H18N2O4/c1-3-24-18-10-14(11-20)4-9-17(18)25-12-19(23)21-16-7-5-15(6-8-16)13(2)22/h4-10H,3,12H2,1-2H3,(H,21,23). The number of rotatable bonds is 7. The molecule has 25 heavy (non-hydrogen) atoms. The summed E-state index contributed by atoms with van der Waals surface area (Å²) in [4.78, 5) is 23.2. The van der Waals surface area contributed by atoms with E-state index in [9.17, 15) is 9.59 Å². The number of nitrogens with one attached hydrogen (secondary N) is 1. The van der Waals surface area contributed by atoms with Gasteiger partial charge in [0.2, 0.25) is 0 Å². The number of carbonyl (C=O) groups is 2. The number of nitriles is 1. The van der Waals surface area contributed by atoms with Crippen LogP contribution in [0.25, 0.3) is 0 Å². The van der Waals surface area contributed by atoms with Crippen molar-refractivity contribution in [2.45, 2.75) is 13.8 Å². The van der Waals surface area contributed by atoms with E-state index in [0.717, 1.165) is 0 Å². The van der Waals surface area contributed by atoms with Gasteiger partial charge in [0.1, 0.15) is 0 Å². The summed E-state index contributed by atoms with van der Waals surface area (Å²) < 4.78 is 10.9. The average Bonchev–Trinajstić information content (AvgIpc) is 2.61. The number of ether oxygens (including phenoxy) is 2. The lowest BCUT2D eigenvalue weighted by molar-refractivity contribution is -0.118. The normalized spacial score (nSPS) is 9.80. The number of hydrogen-bond acceptors (Lipinski definition) is 5. The van der Waals surface area contributed by atoms with Gasteiger partial charge in [-0.05, 0) is 50.2 Å². The van der Waals surface area contributed by atoms with Crippen molar-refractivity contribution in [2.75, 3.05) is 18.5 Å². The van der Waals surface area contributed by atoms with E-state index in [2.05, 4.69) is 5.32 Å². The molecule has 6 nitrogen and oxygen atoms in total. The first kappa shape index (κ1) is 18.0. The highest BCUT2D eigenvalue weighted by atomic mass is 16.5. The number of amides is 1. The third-order valence-electron chi connectivity index (χ3n) is 3.31. The Kier molecular flexibility index (Phi) is 6.13. The van der Waals surface area contributed by atoms with Crippen molar-refractivity contribution in [2.24, 2.45) is 0 Å². The SMILES string of the molecule is CCOc1cc(C#N)ccc1OCC(=O)Nc1ccc(C(C)=O)cc1. The van der Waals surface area contributed by atoms with Crippen molar-refractivity contribution < 1.29 is 19.1 Å². The van der Waals surface area contributed by atoms with Gasteiger partial charge in [-0.2, -0.15) is 5.26 Å². The number of nitrogens with zero attached hydrogens (tertiary/aromatic N) is 1. The summed E-state index contributed by atoms with van der Waals surface area (Å²) in [6.45, 7) is 3.51. The second-order valence-corrected chi connectivity index (χ2v) is 5.18. The van der Waals surface area contributed by atoms with Crippen LogP contribution in [0, 0.1) is 11.3 Å². The third kappa shape index (κ3) is 5.08. The van der Waals surface area contributed by atoms with Gasteiger partial charge < -0.3 is 14.8 Å². The molecular weight excluding hydrogens is 320 g/mol. The van der Waals surface area contributed by atoms with E-state index in [-0.39, 0.29) is 18.3 Å². The lowest BCUT2D eigenvalue weighted by Crippen LogP contribution is -2.20. The molecular formula is C19H18N2O4. The molecule has 0 bridgehead atoms. The van der Waals surface area contributed by atoms with E-state index < -0.39 is 0 Å². The van der Waals surface area contributed by atoms with Crippen LogP contribution in [0.4, 0.5) is 5.69 Å². The number of hydrogen-bond donors (Lipinski definition) is 1. The summed E-state index contributed by atoms with van der Waals surface area (Å²) in [5.41, 5.74) is 1.60. The third-order valence-corrected chi connectivity index (χ3v) is 3.31. The molecule has 2 aromatic carbocycles. The Morgan fingerprint density at radius 2 is 1.80 bits per heavy atom. The quantitative estimate of drug-likeness (QED) is 0.783. The topological polar surface area (TPSA) is 88.4 Å². The van der Waals surface area contributed by atoms with Crippen LogP contribution >= 0.6 is 0 Å². The highest BCUT2D eigenvalue weighted by molar-refractivity contribution is 5.95. The van der Waals surface area contributed by atoms with Gasteiger partial charge in [-0.3, -0.25) is 9.59 Å². The molecule has 2 aromatic rings. The van der Waals surface area contributed by atoms with Gasteiger partial charge in [-0.1, -0.05) is 0 Å². The van der Waals surface area contributed by atoms with E-state index in [1.165, 1.54) is 6.92 Å². The summed E-state index contributed by atoms with van der Waals surface area (Å²) in [7, 11) is 0. The highest BCUT2D eigenvalue weighted by Crippen LogP contribution is 2.28. The summed E-state index contributed by atoms with van der Waals surface area (Å²) >= 11 is 0. The van der Waals surface area contributed by atoms with E-state index in [4.69, 9.17) is 14.7 Å². The fourth-order valence-electron chi connectivity index (χ4n) is 2.09. The number of anilines is 1. The molecule has 0 saturated heterocycles. The van der Waals surface area contributed by atoms with E-state index >= 15 is 0 Å². The van der Waals surface area contributed by atoms with Crippen molar-refractivity contribution >= 4 is 17.4 Å². The zero-order chi connectivity index (χ0) is 18.2. The largest absolute Gasteiger partial charge is 0.490 e. The van der Waals surface area contributed by atoms with Crippen molar-refractivity contribution in [3.8, 4) is 17.6 Å². The van der Waals surface area contributed by atoms with E-state index in [1.807, 2.05) is 13.0 Å². The molecule has 0 spiro atoms. The minimum Gasteiger partial charge on any atom is -0.490 e. The van der Waals surface area contributed by atoms with Crippen LogP contribution in [0.1, 0.15) is 29.8 Å². The summed E-state index contributed by atoms with van der Waals surface area (Å²) in [6, 6.07) is 13.4. The maximum atomic E-state index is 12.0. The molecule has 0 unspecified atom stereocenters. The molecule has 0 aliphatic rings. The minimum absolute atomic E-state index is 0.0366. The second kappa shape index (κ2) is 8.50. The monoisotopic (exact) mass is 338 g/mol. The molecule has 6 heteroatoms. The van der Waals surface area contributed by atoms with Crippen LogP contribution < -0.4 is 14.8 Å². The number of Topliss-reactive ketones (excluding diaryl/α,β-unsaturated/α-hetero) is 1. The Balaban J connectivity index is 1.97. The van der Waals surface area contributed by atoms with Crippen molar-refractivity contribution in [3.05, 3.63) is 53.6 Å². The van der Waals surface area contributed by atoms with Crippen LogP contribution in [0.2, 0.25) is 0 Å². The highest BCUT2D eigenvalue weighted by Gasteiger charge is 2.10. The Hall–Kier alpha value is -3.33. The lowest BCUT2D eigenvalue weighted by Gasteiger charge is -2.12. The van der Waals surface area contributed by atoms with E-state index in [1.54, 1.807) is 42.5 Å². The predicted molar refractivity (Wildman–Crippen MR) is 92.9 cm³/mol. The average molecular weight is 338 g/mol. The van der Waals surface area contributed by atoms with Crippen LogP contribution in [0.5, 0.6) is 11.5 Å². The zero-order valence-corrected chi connectivity index (χ0v) is 14.0. The molecule has 0 aliphatic heterocycles. The number of ketones is 1. The summed E-state index contributed by atoms with van der Waals surface area (Å²) in [6.07, 6.45) is 0. The molecule has 1 N–H and O–H groups in total. The first-order chi connectivity index (χ1) is 12.0. The van der Waals surface area contributed by atoms with Gasteiger partial charge in [0.05, 0.1) is 18.2 Å². The zero-order valence-electron chi connectivity index (χ0n) is 14.0. The maximum absolute atomic E-state index is 12.0. The fourth-order valence-corrected chi connectivity index (χ4v) is 2.09. The van der Waals surface area contributed by atoms with E-state index in [0.29, 0.717) is 34.9 Å². The molecule has 0 heterocycles. The molecule has 128 valence electrons. The first-order valence-electron chi connectivity index (χ1n) is 7.74. The Morgan fingerprint density at radius 3 is 2.40 bits per heavy atom. The first-order valence-corrected chi connectivity index (χ1v) is 7.74.